The van der Waals surface area contributed by atoms with E-state index < -0.39 is 5.60 Å². The highest BCUT2D eigenvalue weighted by atomic mass is 16.5. The summed E-state index contributed by atoms with van der Waals surface area (Å²) >= 11 is 0. The summed E-state index contributed by atoms with van der Waals surface area (Å²) in [5.41, 5.74) is 1.72. The molecule has 1 aliphatic heterocycles. The van der Waals surface area contributed by atoms with Crippen molar-refractivity contribution in [3.05, 3.63) is 65.7 Å². The third-order valence-electron chi connectivity index (χ3n) is 6.67. The highest BCUT2D eigenvalue weighted by molar-refractivity contribution is 5.49. The predicted octanol–water partition coefficient (Wildman–Crippen LogP) is 4.78. The summed E-state index contributed by atoms with van der Waals surface area (Å²) in [5, 5.41) is 21.5. The number of benzene rings is 2. The molecule has 2 aromatic carbocycles. The average molecular weight is 394 g/mol. The van der Waals surface area contributed by atoms with Gasteiger partial charge in [0.2, 0.25) is 0 Å². The minimum atomic E-state index is -0.590. The first kappa shape index (κ1) is 20.0. The van der Waals surface area contributed by atoms with Gasteiger partial charge in [0, 0.05) is 25.0 Å². The van der Waals surface area contributed by atoms with Crippen molar-refractivity contribution in [1.82, 2.24) is 4.90 Å². The molecule has 0 unspecified atom stereocenters. The van der Waals surface area contributed by atoms with Crippen LogP contribution < -0.4 is 4.74 Å². The summed E-state index contributed by atoms with van der Waals surface area (Å²) in [5.74, 6) is 0.845. The van der Waals surface area contributed by atoms with Crippen molar-refractivity contribution in [3.63, 3.8) is 0 Å². The van der Waals surface area contributed by atoms with Crippen LogP contribution in [-0.2, 0) is 0 Å². The van der Waals surface area contributed by atoms with Crippen LogP contribution >= 0.6 is 0 Å². The first-order valence-corrected chi connectivity index (χ1v) is 10.7. The molecule has 4 nitrogen and oxygen atoms in total. The largest absolute Gasteiger partial charge is 0.504 e. The van der Waals surface area contributed by atoms with Gasteiger partial charge in [-0.15, -0.1) is 0 Å². The third kappa shape index (κ3) is 4.19. The molecule has 29 heavy (non-hydrogen) atoms. The maximum Gasteiger partial charge on any atom is 0.160 e. The Balaban J connectivity index is 1.63. The summed E-state index contributed by atoms with van der Waals surface area (Å²) < 4.78 is 5.37. The number of fused-ring (bicyclic) bond motifs is 1. The summed E-state index contributed by atoms with van der Waals surface area (Å²) in [4.78, 5) is 2.47. The number of ether oxygens (including phenoxy) is 1. The Morgan fingerprint density at radius 2 is 1.97 bits per heavy atom. The molecule has 3 atom stereocenters. The number of hydrogen-bond donors (Lipinski definition) is 2. The molecule has 4 heteroatoms. The fraction of sp³-hybridized carbons (Fsp3) is 0.440. The number of phenols is 1. The third-order valence-corrected chi connectivity index (χ3v) is 6.67. The molecule has 1 saturated heterocycles. The van der Waals surface area contributed by atoms with Crippen molar-refractivity contribution < 1.29 is 14.9 Å². The van der Waals surface area contributed by atoms with Crippen LogP contribution in [0.15, 0.2) is 54.6 Å². The molecule has 1 heterocycles. The average Bonchev–Trinajstić information content (AvgIpc) is 2.75. The van der Waals surface area contributed by atoms with Gasteiger partial charge in [-0.25, -0.2) is 0 Å². The molecular weight excluding hydrogens is 362 g/mol. The predicted molar refractivity (Wildman–Crippen MR) is 116 cm³/mol. The Morgan fingerprint density at radius 3 is 2.76 bits per heavy atom. The molecular formula is C25H31NO3. The van der Waals surface area contributed by atoms with Gasteiger partial charge in [0.05, 0.1) is 12.7 Å². The highest BCUT2D eigenvalue weighted by Crippen LogP contribution is 2.50. The number of aromatic hydroxyl groups is 1. The topological polar surface area (TPSA) is 52.9 Å². The number of phenolic OH excluding ortho intramolecular Hbond substituents is 1. The van der Waals surface area contributed by atoms with Crippen LogP contribution in [0.5, 0.6) is 11.5 Å². The normalized spacial score (nSPS) is 27.7. The molecule has 4 rings (SSSR count). The second-order valence-corrected chi connectivity index (χ2v) is 8.39. The molecule has 0 bridgehead atoms. The lowest BCUT2D eigenvalue weighted by molar-refractivity contribution is -0.122. The van der Waals surface area contributed by atoms with Gasteiger partial charge in [0.25, 0.3) is 0 Å². The lowest BCUT2D eigenvalue weighted by atomic mass is 9.66. The quantitative estimate of drug-likeness (QED) is 0.767. The van der Waals surface area contributed by atoms with Crippen LogP contribution in [0.1, 0.15) is 49.3 Å². The number of nitrogens with zero attached hydrogens (tertiary/aromatic N) is 1. The minimum Gasteiger partial charge on any atom is -0.504 e. The monoisotopic (exact) mass is 393 g/mol. The Morgan fingerprint density at radius 1 is 1.14 bits per heavy atom. The second kappa shape index (κ2) is 8.60. The molecule has 2 fully saturated rings. The number of rotatable bonds is 5. The van der Waals surface area contributed by atoms with Gasteiger partial charge in [0.1, 0.15) is 0 Å². The molecule has 0 radical (unpaired) electrons. The number of methoxy groups -OCH3 is 1. The van der Waals surface area contributed by atoms with Crippen molar-refractivity contribution in [2.75, 3.05) is 20.2 Å². The van der Waals surface area contributed by atoms with Crippen LogP contribution in [0.25, 0.3) is 6.08 Å². The molecule has 2 N–H and O–H groups in total. The summed E-state index contributed by atoms with van der Waals surface area (Å²) in [6, 6.07) is 16.1. The van der Waals surface area contributed by atoms with Crippen LogP contribution in [0, 0.1) is 5.92 Å². The van der Waals surface area contributed by atoms with E-state index >= 15 is 0 Å². The van der Waals surface area contributed by atoms with Crippen LogP contribution in [-0.4, -0.2) is 40.9 Å². The van der Waals surface area contributed by atoms with E-state index in [4.69, 9.17) is 4.74 Å². The smallest absolute Gasteiger partial charge is 0.160 e. The first-order valence-electron chi connectivity index (χ1n) is 10.7. The van der Waals surface area contributed by atoms with Crippen molar-refractivity contribution in [1.29, 1.82) is 0 Å². The fourth-order valence-electron chi connectivity index (χ4n) is 5.16. The number of likely N-dealkylation sites (tertiary alicyclic amines) is 1. The summed E-state index contributed by atoms with van der Waals surface area (Å²) in [6.07, 6.45) is 9.38. The molecule has 2 aliphatic rings. The lowest BCUT2D eigenvalue weighted by Gasteiger charge is -2.52. The van der Waals surface area contributed by atoms with Gasteiger partial charge in [-0.05, 0) is 42.5 Å². The number of piperidine rings is 1. The van der Waals surface area contributed by atoms with Gasteiger partial charge in [-0.2, -0.15) is 0 Å². The zero-order chi connectivity index (χ0) is 20.3. The standard InChI is InChI=1S/C25H31NO3/c1-29-23-18-20(12-13-22(23)27)24-21-11-5-6-14-25(21,28)15-17-26(24)16-7-10-19-8-3-2-4-9-19/h2-4,7-10,12-13,18,21,24,27-28H,5-6,11,14-17H2,1H3/b10-7+/t21-,24+,25+/m1/s1. The number of hydrogen-bond acceptors (Lipinski definition) is 4. The number of aliphatic hydroxyl groups is 1. The molecule has 0 amide bonds. The lowest BCUT2D eigenvalue weighted by Crippen LogP contribution is -2.54. The van der Waals surface area contributed by atoms with Crippen molar-refractivity contribution in [3.8, 4) is 11.5 Å². The first-order chi connectivity index (χ1) is 14.1. The van der Waals surface area contributed by atoms with Crippen LogP contribution in [0.4, 0.5) is 0 Å². The maximum absolute atomic E-state index is 11.4. The van der Waals surface area contributed by atoms with Crippen LogP contribution in [0.3, 0.4) is 0 Å². The molecule has 0 aromatic heterocycles. The van der Waals surface area contributed by atoms with E-state index in [1.807, 2.05) is 30.3 Å². The Kier molecular flexibility index (Phi) is 5.93. The van der Waals surface area contributed by atoms with E-state index in [0.717, 1.165) is 50.8 Å². The molecule has 2 aromatic rings. The maximum atomic E-state index is 11.4. The van der Waals surface area contributed by atoms with Crippen molar-refractivity contribution in [2.24, 2.45) is 5.92 Å². The second-order valence-electron chi connectivity index (χ2n) is 8.39. The Hall–Kier alpha value is -2.30. The summed E-state index contributed by atoms with van der Waals surface area (Å²) in [6.45, 7) is 1.69. The van der Waals surface area contributed by atoms with Gasteiger partial charge < -0.3 is 14.9 Å². The van der Waals surface area contributed by atoms with E-state index in [-0.39, 0.29) is 17.7 Å². The minimum absolute atomic E-state index is 0.115. The van der Waals surface area contributed by atoms with Gasteiger partial charge in [-0.1, -0.05) is 61.4 Å². The Bertz CT molecular complexity index is 850. The van der Waals surface area contributed by atoms with E-state index in [2.05, 4.69) is 29.2 Å². The highest BCUT2D eigenvalue weighted by Gasteiger charge is 2.48. The molecule has 154 valence electrons. The van der Waals surface area contributed by atoms with E-state index in [1.54, 1.807) is 13.2 Å². The zero-order valence-corrected chi connectivity index (χ0v) is 17.1. The fourth-order valence-corrected chi connectivity index (χ4v) is 5.16. The van der Waals surface area contributed by atoms with E-state index in [9.17, 15) is 10.2 Å². The SMILES string of the molecule is COc1cc([C@H]2[C@H]3CCCC[C@]3(O)CCN2C/C=C/c2ccccc2)ccc1O. The summed E-state index contributed by atoms with van der Waals surface area (Å²) in [7, 11) is 1.58. The van der Waals surface area contributed by atoms with E-state index in [0.29, 0.717) is 5.75 Å². The van der Waals surface area contributed by atoms with Gasteiger partial charge >= 0.3 is 0 Å². The van der Waals surface area contributed by atoms with Crippen molar-refractivity contribution in [2.45, 2.75) is 43.7 Å². The van der Waals surface area contributed by atoms with E-state index in [1.165, 1.54) is 5.56 Å². The molecule has 0 spiro atoms. The molecule has 1 saturated carbocycles. The van der Waals surface area contributed by atoms with Gasteiger partial charge in [-0.3, -0.25) is 4.90 Å². The Labute approximate surface area is 173 Å². The van der Waals surface area contributed by atoms with Crippen LogP contribution in [0.2, 0.25) is 0 Å². The van der Waals surface area contributed by atoms with Gasteiger partial charge in [0.15, 0.2) is 11.5 Å². The van der Waals surface area contributed by atoms with Crippen molar-refractivity contribution >= 4 is 6.08 Å². The zero-order valence-electron chi connectivity index (χ0n) is 17.1. The molecule has 1 aliphatic carbocycles.